The summed E-state index contributed by atoms with van der Waals surface area (Å²) in [4.78, 5) is 10.9. The van der Waals surface area contributed by atoms with Crippen LogP contribution in [0.1, 0.15) is 48.6 Å². The summed E-state index contributed by atoms with van der Waals surface area (Å²) in [6.45, 7) is 1.74. The van der Waals surface area contributed by atoms with Crippen LogP contribution < -0.4 is 4.74 Å². The molecule has 5 nitrogen and oxygen atoms in total. The number of ether oxygens (including phenoxy) is 1. The van der Waals surface area contributed by atoms with Crippen molar-refractivity contribution >= 4 is 46.2 Å². The van der Waals surface area contributed by atoms with E-state index in [1.54, 1.807) is 19.1 Å². The average molecular weight is 447 g/mol. The molecule has 1 atom stereocenters. The van der Waals surface area contributed by atoms with Crippen molar-refractivity contribution in [2.75, 3.05) is 0 Å². The van der Waals surface area contributed by atoms with E-state index in [0.29, 0.717) is 33.5 Å². The molecule has 0 amide bonds. The maximum Gasteiger partial charge on any atom is 0.328 e. The molecular formula is C22H17Cl2FN2O3. The summed E-state index contributed by atoms with van der Waals surface area (Å²) < 4.78 is 19.9. The zero-order valence-corrected chi connectivity index (χ0v) is 17.4. The van der Waals surface area contributed by atoms with Gasteiger partial charge in [0, 0.05) is 22.0 Å². The summed E-state index contributed by atoms with van der Waals surface area (Å²) in [6, 6.07) is 8.03. The summed E-state index contributed by atoms with van der Waals surface area (Å²) in [7, 11) is 0. The zero-order valence-electron chi connectivity index (χ0n) is 15.9. The molecule has 1 fully saturated rings. The molecule has 30 heavy (non-hydrogen) atoms. The predicted octanol–water partition coefficient (Wildman–Crippen LogP) is 6.19. The third-order valence-electron chi connectivity index (χ3n) is 4.97. The summed E-state index contributed by atoms with van der Waals surface area (Å²) >= 11 is 12.3. The highest BCUT2D eigenvalue weighted by molar-refractivity contribution is 6.36. The number of carbonyl (C=O) groups is 1. The zero-order chi connectivity index (χ0) is 21.4. The quantitative estimate of drug-likeness (QED) is 0.360. The number of carboxylic acids is 1. The molecule has 0 bridgehead atoms. The molecule has 2 aromatic carbocycles. The third-order valence-corrected chi connectivity index (χ3v) is 5.68. The van der Waals surface area contributed by atoms with Gasteiger partial charge in [-0.2, -0.15) is 5.10 Å². The first-order valence-corrected chi connectivity index (χ1v) is 10.1. The summed E-state index contributed by atoms with van der Waals surface area (Å²) in [6.07, 6.45) is 3.93. The molecule has 1 aliphatic carbocycles. The Kier molecular flexibility index (Phi) is 5.62. The van der Waals surface area contributed by atoms with Crippen molar-refractivity contribution in [2.24, 2.45) is 0 Å². The Bertz CT molecular complexity index is 1180. The Labute approximate surface area is 182 Å². The van der Waals surface area contributed by atoms with Gasteiger partial charge in [0.15, 0.2) is 0 Å². The fourth-order valence-electron chi connectivity index (χ4n) is 3.44. The highest BCUT2D eigenvalue weighted by Gasteiger charge is 2.29. The lowest BCUT2D eigenvalue weighted by Gasteiger charge is -2.19. The largest absolute Gasteiger partial charge is 0.486 e. The van der Waals surface area contributed by atoms with Crippen LogP contribution in [-0.2, 0) is 4.79 Å². The smallest absolute Gasteiger partial charge is 0.328 e. The van der Waals surface area contributed by atoms with Crippen LogP contribution in [0.25, 0.3) is 17.0 Å². The van der Waals surface area contributed by atoms with Gasteiger partial charge in [0.1, 0.15) is 17.7 Å². The fourth-order valence-corrected chi connectivity index (χ4v) is 4.12. The first kappa shape index (κ1) is 20.6. The van der Waals surface area contributed by atoms with E-state index >= 15 is 0 Å². The first-order chi connectivity index (χ1) is 14.3. The van der Waals surface area contributed by atoms with Crippen molar-refractivity contribution in [3.63, 3.8) is 0 Å². The van der Waals surface area contributed by atoms with Crippen molar-refractivity contribution in [1.29, 1.82) is 0 Å². The number of nitrogens with zero attached hydrogens (tertiary/aromatic N) is 2. The van der Waals surface area contributed by atoms with Crippen LogP contribution in [0.4, 0.5) is 4.39 Å². The van der Waals surface area contributed by atoms with Crippen LogP contribution in [0, 0.1) is 5.82 Å². The molecule has 4 rings (SSSR count). The minimum atomic E-state index is -1.05. The van der Waals surface area contributed by atoms with Gasteiger partial charge in [-0.25, -0.2) is 9.18 Å². The number of rotatable bonds is 6. The number of halogens is 3. The molecular weight excluding hydrogens is 430 g/mol. The molecule has 1 N–H and O–H groups in total. The van der Waals surface area contributed by atoms with E-state index in [1.807, 2.05) is 6.07 Å². The van der Waals surface area contributed by atoms with Crippen molar-refractivity contribution in [1.82, 2.24) is 10.2 Å². The van der Waals surface area contributed by atoms with Gasteiger partial charge >= 0.3 is 5.97 Å². The standard InChI is InChI=1S/C22H17Cl2FN2O3/c1-11(20-15(23)5-6-16(25)22(20)24)30-13-4-7-17-14(10-13)21(12-2-3-12)18(27-26-17)8-9-19(28)29/h4-12H,2-3H2,1H3,(H,28,29)/b9-8+/t11-/m0/s1. The van der Waals surface area contributed by atoms with Gasteiger partial charge in [0.05, 0.1) is 16.2 Å². The van der Waals surface area contributed by atoms with E-state index in [1.165, 1.54) is 18.2 Å². The number of hydrogen-bond acceptors (Lipinski definition) is 4. The maximum absolute atomic E-state index is 13.9. The van der Waals surface area contributed by atoms with E-state index < -0.39 is 17.9 Å². The number of hydrogen-bond donors (Lipinski definition) is 1. The van der Waals surface area contributed by atoms with E-state index in [0.717, 1.165) is 29.9 Å². The van der Waals surface area contributed by atoms with Crippen molar-refractivity contribution in [2.45, 2.75) is 31.8 Å². The van der Waals surface area contributed by atoms with Crippen LogP contribution in [0.2, 0.25) is 10.0 Å². The second-order valence-corrected chi connectivity index (χ2v) is 7.93. The summed E-state index contributed by atoms with van der Waals surface area (Å²) in [5.41, 5.74) is 2.55. The Morgan fingerprint density at radius 1 is 1.27 bits per heavy atom. The number of aromatic nitrogens is 2. The molecule has 1 aromatic heterocycles. The summed E-state index contributed by atoms with van der Waals surface area (Å²) in [5.74, 6) is -0.773. The number of fused-ring (bicyclic) bond motifs is 1. The molecule has 1 aliphatic rings. The van der Waals surface area contributed by atoms with Crippen LogP contribution in [0.3, 0.4) is 0 Å². The first-order valence-electron chi connectivity index (χ1n) is 9.36. The molecule has 0 spiro atoms. The second kappa shape index (κ2) is 8.20. The Morgan fingerprint density at radius 3 is 2.73 bits per heavy atom. The van der Waals surface area contributed by atoms with Crippen LogP contribution in [-0.4, -0.2) is 21.3 Å². The minimum Gasteiger partial charge on any atom is -0.486 e. The van der Waals surface area contributed by atoms with E-state index in [4.69, 9.17) is 33.0 Å². The average Bonchev–Trinajstić information content (AvgIpc) is 3.54. The molecule has 0 radical (unpaired) electrons. The summed E-state index contributed by atoms with van der Waals surface area (Å²) in [5, 5.41) is 18.4. The van der Waals surface area contributed by atoms with E-state index in [-0.39, 0.29) is 5.02 Å². The van der Waals surface area contributed by atoms with Crippen molar-refractivity contribution in [3.05, 3.63) is 69.1 Å². The van der Waals surface area contributed by atoms with Gasteiger partial charge in [-0.05, 0) is 67.7 Å². The lowest BCUT2D eigenvalue weighted by atomic mass is 10.0. The lowest BCUT2D eigenvalue weighted by molar-refractivity contribution is -0.131. The topological polar surface area (TPSA) is 72.3 Å². The number of carboxylic acid groups (broad SMARTS) is 1. The van der Waals surface area contributed by atoms with E-state index in [9.17, 15) is 9.18 Å². The van der Waals surface area contributed by atoms with Crippen LogP contribution in [0.5, 0.6) is 5.75 Å². The molecule has 0 saturated heterocycles. The lowest BCUT2D eigenvalue weighted by Crippen LogP contribution is -2.06. The van der Waals surface area contributed by atoms with Gasteiger partial charge in [0.2, 0.25) is 0 Å². The second-order valence-electron chi connectivity index (χ2n) is 7.14. The van der Waals surface area contributed by atoms with Gasteiger partial charge in [-0.3, -0.25) is 0 Å². The van der Waals surface area contributed by atoms with Crippen LogP contribution >= 0.6 is 23.2 Å². The van der Waals surface area contributed by atoms with E-state index in [2.05, 4.69) is 10.2 Å². The van der Waals surface area contributed by atoms with Gasteiger partial charge in [0.25, 0.3) is 0 Å². The number of benzene rings is 2. The van der Waals surface area contributed by atoms with Gasteiger partial charge < -0.3 is 9.84 Å². The highest BCUT2D eigenvalue weighted by atomic mass is 35.5. The third kappa shape index (κ3) is 4.11. The molecule has 0 unspecified atom stereocenters. The number of aliphatic carboxylic acids is 1. The maximum atomic E-state index is 13.9. The fraction of sp³-hybridized carbons (Fsp3) is 0.227. The van der Waals surface area contributed by atoms with Gasteiger partial charge in [-0.1, -0.05) is 23.2 Å². The molecule has 0 aliphatic heterocycles. The SMILES string of the molecule is C[C@H](Oc1ccc2nnc(/C=C/C(=O)O)c(C3CC3)c2c1)c1c(Cl)ccc(F)c1Cl. The molecule has 1 saturated carbocycles. The Morgan fingerprint density at radius 2 is 2.03 bits per heavy atom. The Hall–Kier alpha value is -2.70. The monoisotopic (exact) mass is 446 g/mol. The molecule has 8 heteroatoms. The van der Waals surface area contributed by atoms with Crippen molar-refractivity contribution < 1.29 is 19.0 Å². The van der Waals surface area contributed by atoms with Crippen molar-refractivity contribution in [3.8, 4) is 5.75 Å². The van der Waals surface area contributed by atoms with Gasteiger partial charge in [-0.15, -0.1) is 5.10 Å². The normalized spacial score (nSPS) is 14.9. The predicted molar refractivity (Wildman–Crippen MR) is 114 cm³/mol. The minimum absolute atomic E-state index is 0.0681. The Balaban J connectivity index is 1.73. The highest BCUT2D eigenvalue weighted by Crippen LogP contribution is 2.45. The molecule has 154 valence electrons. The van der Waals surface area contributed by atoms with Crippen LogP contribution in [0.15, 0.2) is 36.4 Å². The molecule has 3 aromatic rings. The molecule has 1 heterocycles.